The number of benzene rings is 4. The second kappa shape index (κ2) is 8.79. The quantitative estimate of drug-likeness (QED) is 0.169. The molecular formula is C29H23BrNO2P. The molecule has 5 rings (SSSR count). The molecule has 3 nitrogen and oxygen atoms in total. The normalized spacial score (nSPS) is 12.6. The Morgan fingerprint density at radius 1 is 0.676 bits per heavy atom. The number of aromatic nitrogens is 1. The molecule has 0 bridgehead atoms. The summed E-state index contributed by atoms with van der Waals surface area (Å²) in [7, 11) is 0. The van der Waals surface area contributed by atoms with E-state index in [0.29, 0.717) is 11.3 Å². The second-order valence-electron chi connectivity index (χ2n) is 8.11. The first kappa shape index (κ1) is 22.5. The van der Waals surface area contributed by atoms with Gasteiger partial charge in [-0.1, -0.05) is 0 Å². The van der Waals surface area contributed by atoms with Crippen LogP contribution in [0.3, 0.4) is 0 Å². The average molecular weight is 528 g/mol. The van der Waals surface area contributed by atoms with Crippen LogP contribution in [0.15, 0.2) is 121 Å². The monoisotopic (exact) mass is 527 g/mol. The average Bonchev–Trinajstić information content (AvgIpc) is 2.89. The van der Waals surface area contributed by atoms with Crippen LogP contribution in [0.2, 0.25) is 0 Å². The summed E-state index contributed by atoms with van der Waals surface area (Å²) in [6.07, 6.45) is 0. The Bertz CT molecular complexity index is 1370. The Kier molecular flexibility index (Phi) is 5.81. The van der Waals surface area contributed by atoms with Gasteiger partial charge < -0.3 is 0 Å². The maximum atomic E-state index is 11.8. The third-order valence-electron chi connectivity index (χ3n) is 6.08. The topological polar surface area (TPSA) is 39.2 Å². The van der Waals surface area contributed by atoms with Crippen molar-refractivity contribution in [1.29, 1.82) is 0 Å². The van der Waals surface area contributed by atoms with Crippen molar-refractivity contribution < 1.29 is 9.53 Å². The van der Waals surface area contributed by atoms with Gasteiger partial charge in [-0.05, 0) is 0 Å². The number of rotatable bonds is 5. The minimum absolute atomic E-state index is 0.370. The number of carbonyl (C=O) groups excluding carboxylic acids is 1. The van der Waals surface area contributed by atoms with Crippen molar-refractivity contribution in [3.8, 4) is 5.75 Å². The summed E-state index contributed by atoms with van der Waals surface area (Å²) in [6, 6.07) is 41.3. The fraction of sp³-hybridized carbons (Fsp3) is 0.0345. The third-order valence-corrected chi connectivity index (χ3v) is 15.8. The van der Waals surface area contributed by atoms with Gasteiger partial charge in [-0.25, -0.2) is 0 Å². The number of halogens is 1. The first-order chi connectivity index (χ1) is 16.5. The molecular weight excluding hydrogens is 505 g/mol. The van der Waals surface area contributed by atoms with E-state index in [2.05, 4.69) is 100 Å². The fourth-order valence-corrected chi connectivity index (χ4v) is 11.8. The molecule has 1 aromatic heterocycles. The minimum atomic E-state index is -3.45. The predicted molar refractivity (Wildman–Crippen MR) is 147 cm³/mol. The van der Waals surface area contributed by atoms with Crippen molar-refractivity contribution >= 4 is 59.0 Å². The zero-order valence-electron chi connectivity index (χ0n) is 18.6. The van der Waals surface area contributed by atoms with Gasteiger partial charge >= 0.3 is 208 Å². The Labute approximate surface area is 207 Å². The van der Waals surface area contributed by atoms with E-state index >= 15 is 0 Å². The van der Waals surface area contributed by atoms with Crippen molar-refractivity contribution in [3.05, 3.63) is 121 Å². The Morgan fingerprint density at radius 3 is 1.65 bits per heavy atom. The molecule has 0 radical (unpaired) electrons. The number of nitrogens with zero attached hydrogens (tertiary/aromatic N) is 1. The summed E-state index contributed by atoms with van der Waals surface area (Å²) in [5.74, 6) is 0.0869. The van der Waals surface area contributed by atoms with Gasteiger partial charge in [0.05, 0.1) is 0 Å². The number of ether oxygens (including phenoxy) is 1. The summed E-state index contributed by atoms with van der Waals surface area (Å²) >= 11 is 4.45. The van der Waals surface area contributed by atoms with E-state index in [4.69, 9.17) is 9.72 Å². The first-order valence-electron chi connectivity index (χ1n) is 11.0. The molecule has 34 heavy (non-hydrogen) atoms. The molecule has 0 amide bonds. The van der Waals surface area contributed by atoms with Crippen LogP contribution in [0.1, 0.15) is 6.92 Å². The Hall–Kier alpha value is -3.33. The van der Waals surface area contributed by atoms with Crippen LogP contribution < -0.4 is 26.1 Å². The summed E-state index contributed by atoms with van der Waals surface area (Å²) in [5.41, 5.74) is 1.55. The predicted octanol–water partition coefficient (Wildman–Crippen LogP) is 5.63. The number of esters is 1. The molecule has 0 fully saturated rings. The van der Waals surface area contributed by atoms with E-state index in [1.807, 2.05) is 30.3 Å². The van der Waals surface area contributed by atoms with Gasteiger partial charge in [-0.15, -0.1) is 0 Å². The molecule has 5 heteroatoms. The molecule has 0 atom stereocenters. The van der Waals surface area contributed by atoms with Gasteiger partial charge in [0.25, 0.3) is 0 Å². The molecule has 0 saturated heterocycles. The van der Waals surface area contributed by atoms with Crippen molar-refractivity contribution in [1.82, 2.24) is 4.98 Å². The number of hydrogen-bond acceptors (Lipinski definition) is 3. The van der Waals surface area contributed by atoms with Crippen LogP contribution in [0.5, 0.6) is 5.75 Å². The van der Waals surface area contributed by atoms with Gasteiger partial charge in [0.15, 0.2) is 0 Å². The molecule has 0 unspecified atom stereocenters. The van der Waals surface area contributed by atoms with Crippen LogP contribution in [0.4, 0.5) is 0 Å². The van der Waals surface area contributed by atoms with Crippen LogP contribution in [-0.2, 0) is 4.79 Å². The molecule has 5 aromatic rings. The number of carbonyl (C=O) groups is 1. The van der Waals surface area contributed by atoms with Gasteiger partial charge in [0.1, 0.15) is 0 Å². The zero-order valence-corrected chi connectivity index (χ0v) is 21.1. The van der Waals surface area contributed by atoms with Gasteiger partial charge in [-0.2, -0.15) is 0 Å². The Balaban J connectivity index is 1.96. The zero-order chi connectivity index (χ0) is 23.6. The van der Waals surface area contributed by atoms with E-state index in [9.17, 15) is 4.79 Å². The van der Waals surface area contributed by atoms with E-state index < -0.39 is 5.31 Å². The third kappa shape index (κ3) is 3.46. The molecule has 4 aromatic carbocycles. The summed E-state index contributed by atoms with van der Waals surface area (Å²) in [5, 5.41) is 0.890. The van der Waals surface area contributed by atoms with Crippen LogP contribution in [0, 0.1) is 0 Å². The van der Waals surface area contributed by atoms with Gasteiger partial charge in [0.2, 0.25) is 0 Å². The van der Waals surface area contributed by atoms with Crippen LogP contribution >= 0.6 is 20.8 Å². The second-order valence-corrected chi connectivity index (χ2v) is 16.4. The molecule has 168 valence electrons. The van der Waals surface area contributed by atoms with Crippen molar-refractivity contribution in [2.24, 2.45) is 0 Å². The van der Waals surface area contributed by atoms with Gasteiger partial charge in [-0.3, -0.25) is 0 Å². The number of para-hydroxylation sites is 1. The summed E-state index contributed by atoms with van der Waals surface area (Å²) in [4.78, 5) is 17.1. The fourth-order valence-electron chi connectivity index (χ4n) is 4.55. The SMILES string of the molecule is CC(=O)Oc1cccc2ccc(P(Br)(c3ccccc3)(c3ccccc3)c3ccccc3)nc12. The molecule has 1 heterocycles. The van der Waals surface area contributed by atoms with E-state index in [1.54, 1.807) is 6.07 Å². The number of hydrogen-bond donors (Lipinski definition) is 0. The summed E-state index contributed by atoms with van der Waals surface area (Å²) in [6.45, 7) is 1.41. The molecule has 0 spiro atoms. The van der Waals surface area contributed by atoms with E-state index in [-0.39, 0.29) is 5.97 Å². The van der Waals surface area contributed by atoms with Crippen molar-refractivity contribution in [2.75, 3.05) is 0 Å². The van der Waals surface area contributed by atoms with Crippen molar-refractivity contribution in [2.45, 2.75) is 6.92 Å². The van der Waals surface area contributed by atoms with Gasteiger partial charge in [0, 0.05) is 0 Å². The van der Waals surface area contributed by atoms with Crippen LogP contribution in [-0.4, -0.2) is 11.0 Å². The number of fused-ring (bicyclic) bond motifs is 1. The number of pyridine rings is 1. The summed E-state index contributed by atoms with van der Waals surface area (Å²) < 4.78 is 5.54. The Morgan fingerprint density at radius 2 is 1.18 bits per heavy atom. The molecule has 0 saturated carbocycles. The molecule has 0 aliphatic carbocycles. The standard InChI is InChI=1S/C29H23BrNO2P/c1-22(32)33-27-19-11-12-23-20-21-28(31-29(23)27)34(30,24-13-5-2-6-14-24,25-15-7-3-8-16-25)26-17-9-4-10-18-26/h2-21H,1H3. The molecule has 0 aliphatic heterocycles. The molecule has 0 aliphatic rings. The van der Waals surface area contributed by atoms with Crippen molar-refractivity contribution in [3.63, 3.8) is 0 Å². The van der Waals surface area contributed by atoms with E-state index in [0.717, 1.165) is 26.7 Å². The first-order valence-corrected chi connectivity index (χ1v) is 15.3. The maximum absolute atomic E-state index is 11.8. The van der Waals surface area contributed by atoms with E-state index in [1.165, 1.54) is 6.92 Å². The molecule has 0 N–H and O–H groups in total. The van der Waals surface area contributed by atoms with Crippen LogP contribution in [0.25, 0.3) is 10.9 Å².